The van der Waals surface area contributed by atoms with Gasteiger partial charge in [0, 0.05) is 31.9 Å². The van der Waals surface area contributed by atoms with Gasteiger partial charge in [0.2, 0.25) is 5.75 Å². The third-order valence-electron chi connectivity index (χ3n) is 5.18. The highest BCUT2D eigenvalue weighted by molar-refractivity contribution is 5.71. The Kier molecular flexibility index (Phi) is 9.56. The van der Waals surface area contributed by atoms with Crippen molar-refractivity contribution in [2.24, 2.45) is 0 Å². The van der Waals surface area contributed by atoms with Crippen LogP contribution in [0.4, 0.5) is 0 Å². The van der Waals surface area contributed by atoms with E-state index in [4.69, 9.17) is 37.9 Å². The number of carbonyl (C=O) groups excluding carboxylic acids is 3. The van der Waals surface area contributed by atoms with E-state index in [9.17, 15) is 14.4 Å². The quantitative estimate of drug-likeness (QED) is 0.427. The van der Waals surface area contributed by atoms with Gasteiger partial charge in [-0.2, -0.15) is 0 Å². The monoisotopic (exact) mass is 518 g/mol. The molecule has 0 saturated carbocycles. The van der Waals surface area contributed by atoms with Crippen LogP contribution in [0.5, 0.6) is 28.7 Å². The summed E-state index contributed by atoms with van der Waals surface area (Å²) >= 11 is 0. The Bertz CT molecular complexity index is 1100. The maximum absolute atomic E-state index is 12.2. The number of esters is 3. The largest absolute Gasteiger partial charge is 0.493 e. The van der Waals surface area contributed by atoms with Crippen LogP contribution in [0.25, 0.3) is 0 Å². The Hall–Kier alpha value is -3.99. The number of hydrogen-bond donors (Lipinski definition) is 0. The highest BCUT2D eigenvalue weighted by Gasteiger charge is 2.33. The van der Waals surface area contributed by atoms with E-state index in [-0.39, 0.29) is 37.9 Å². The van der Waals surface area contributed by atoms with Crippen LogP contribution in [0, 0.1) is 0 Å². The van der Waals surface area contributed by atoms with E-state index in [0.29, 0.717) is 28.4 Å². The predicted octanol–water partition coefficient (Wildman–Crippen LogP) is 3.33. The predicted molar refractivity (Wildman–Crippen MR) is 128 cm³/mol. The zero-order valence-corrected chi connectivity index (χ0v) is 21.4. The van der Waals surface area contributed by atoms with Crippen molar-refractivity contribution in [2.75, 3.05) is 40.6 Å². The summed E-state index contributed by atoms with van der Waals surface area (Å²) in [6, 6.07) is 7.89. The Morgan fingerprint density at radius 3 is 1.78 bits per heavy atom. The second-order valence-electron chi connectivity index (χ2n) is 7.92. The highest BCUT2D eigenvalue weighted by Crippen LogP contribution is 2.45. The summed E-state index contributed by atoms with van der Waals surface area (Å²) in [6.07, 6.45) is -2.26. The summed E-state index contributed by atoms with van der Waals surface area (Å²) in [7, 11) is 2.91. The molecule has 0 aliphatic carbocycles. The van der Waals surface area contributed by atoms with E-state index >= 15 is 0 Å². The lowest BCUT2D eigenvalue weighted by molar-refractivity contribution is -0.166. The molecule has 2 aromatic carbocycles. The average Bonchev–Trinajstić information content (AvgIpc) is 2.85. The first-order chi connectivity index (χ1) is 17.7. The fourth-order valence-electron chi connectivity index (χ4n) is 3.74. The molecule has 11 heteroatoms. The maximum Gasteiger partial charge on any atom is 0.308 e. The Morgan fingerprint density at radius 1 is 0.703 bits per heavy atom. The molecule has 0 N–H and O–H groups in total. The standard InChI is InChI=1S/C26H30O11/c1-15(27)35-21-12-18-6-7-20(21)33-10-8-32-9-11-34-26-22(30-4)13-19(14-23(26)31-5)25(37-17(3)29)24(18)36-16(2)28/h6-7,12-14,24-25H,8-11H2,1-5H3. The lowest BCUT2D eigenvalue weighted by atomic mass is 9.96. The van der Waals surface area contributed by atoms with Gasteiger partial charge in [0.1, 0.15) is 13.2 Å². The number of benzene rings is 2. The number of rotatable bonds is 5. The molecule has 4 heterocycles. The summed E-state index contributed by atoms with van der Waals surface area (Å²) in [5, 5.41) is 0. The van der Waals surface area contributed by atoms with Gasteiger partial charge in [-0.25, -0.2) is 0 Å². The van der Waals surface area contributed by atoms with Crippen molar-refractivity contribution >= 4 is 17.9 Å². The molecule has 4 aliphatic rings. The smallest absolute Gasteiger partial charge is 0.308 e. The summed E-state index contributed by atoms with van der Waals surface area (Å²) < 4.78 is 44.9. The lowest BCUT2D eigenvalue weighted by Crippen LogP contribution is -2.22. The minimum absolute atomic E-state index is 0.0990. The summed E-state index contributed by atoms with van der Waals surface area (Å²) in [5.74, 6) is -0.519. The van der Waals surface area contributed by atoms with Gasteiger partial charge in [-0.15, -0.1) is 0 Å². The topological polar surface area (TPSA) is 125 Å². The Labute approximate surface area is 214 Å². The third kappa shape index (κ3) is 7.26. The Balaban J connectivity index is 2.24. The van der Waals surface area contributed by atoms with Crippen molar-refractivity contribution in [1.82, 2.24) is 0 Å². The van der Waals surface area contributed by atoms with Crippen LogP contribution in [0.1, 0.15) is 44.1 Å². The molecule has 37 heavy (non-hydrogen) atoms. The zero-order valence-electron chi connectivity index (χ0n) is 21.4. The second-order valence-corrected chi connectivity index (χ2v) is 7.92. The molecule has 2 unspecified atom stereocenters. The van der Waals surface area contributed by atoms with Crippen molar-refractivity contribution in [2.45, 2.75) is 33.0 Å². The molecule has 2 aromatic rings. The Morgan fingerprint density at radius 2 is 1.24 bits per heavy atom. The molecular weight excluding hydrogens is 488 g/mol. The molecule has 4 bridgehead atoms. The van der Waals surface area contributed by atoms with Gasteiger partial charge in [0.05, 0.1) is 27.4 Å². The molecule has 6 rings (SSSR count). The van der Waals surface area contributed by atoms with Gasteiger partial charge in [0.25, 0.3) is 0 Å². The summed E-state index contributed by atoms with van der Waals surface area (Å²) in [6.45, 7) is 4.55. The van der Waals surface area contributed by atoms with E-state index in [0.717, 1.165) is 0 Å². The van der Waals surface area contributed by atoms with E-state index in [1.807, 2.05) is 0 Å². The van der Waals surface area contributed by atoms with Crippen LogP contribution in [0.3, 0.4) is 0 Å². The number of carbonyl (C=O) groups is 3. The zero-order chi connectivity index (χ0) is 26.9. The molecular formula is C26H30O11. The first-order valence-electron chi connectivity index (χ1n) is 11.5. The molecule has 0 amide bonds. The van der Waals surface area contributed by atoms with Gasteiger partial charge in [-0.05, 0) is 24.3 Å². The van der Waals surface area contributed by atoms with Crippen molar-refractivity contribution in [3.63, 3.8) is 0 Å². The van der Waals surface area contributed by atoms with Gasteiger partial charge in [-0.3, -0.25) is 14.4 Å². The molecule has 0 saturated heterocycles. The van der Waals surface area contributed by atoms with E-state index in [1.165, 1.54) is 41.1 Å². The van der Waals surface area contributed by atoms with Crippen molar-refractivity contribution in [1.29, 1.82) is 0 Å². The number of ether oxygens (including phenoxy) is 8. The van der Waals surface area contributed by atoms with Crippen LogP contribution in [0.15, 0.2) is 30.3 Å². The third-order valence-corrected chi connectivity index (χ3v) is 5.18. The molecule has 0 spiro atoms. The minimum Gasteiger partial charge on any atom is -0.493 e. The van der Waals surface area contributed by atoms with Crippen molar-refractivity contribution < 1.29 is 52.3 Å². The summed E-state index contributed by atoms with van der Waals surface area (Å²) in [4.78, 5) is 36.1. The number of hydrogen-bond acceptors (Lipinski definition) is 11. The van der Waals surface area contributed by atoms with Crippen molar-refractivity contribution in [3.05, 3.63) is 41.5 Å². The summed E-state index contributed by atoms with van der Waals surface area (Å²) in [5.41, 5.74) is 0.779. The van der Waals surface area contributed by atoms with Crippen molar-refractivity contribution in [3.8, 4) is 28.7 Å². The second kappa shape index (κ2) is 12.8. The van der Waals surface area contributed by atoms with E-state index in [1.54, 1.807) is 24.3 Å². The molecule has 0 aromatic heterocycles. The molecule has 11 nitrogen and oxygen atoms in total. The van der Waals surface area contributed by atoms with Gasteiger partial charge in [0.15, 0.2) is 35.2 Å². The van der Waals surface area contributed by atoms with Crippen LogP contribution >= 0.6 is 0 Å². The van der Waals surface area contributed by atoms with Crippen LogP contribution in [-0.4, -0.2) is 58.6 Å². The molecule has 0 fully saturated rings. The van der Waals surface area contributed by atoms with Gasteiger partial charge in [-0.1, -0.05) is 6.07 Å². The average molecular weight is 519 g/mol. The van der Waals surface area contributed by atoms with E-state index < -0.39 is 30.1 Å². The fourth-order valence-corrected chi connectivity index (χ4v) is 3.74. The maximum atomic E-state index is 12.2. The van der Waals surface area contributed by atoms with Gasteiger partial charge < -0.3 is 37.9 Å². The number of methoxy groups -OCH3 is 2. The van der Waals surface area contributed by atoms with Crippen LogP contribution < -0.4 is 23.7 Å². The molecule has 4 aliphatic heterocycles. The first kappa shape index (κ1) is 27.6. The fraction of sp³-hybridized carbons (Fsp3) is 0.423. The normalized spacial score (nSPS) is 17.5. The highest BCUT2D eigenvalue weighted by atomic mass is 16.6. The van der Waals surface area contributed by atoms with Crippen LogP contribution in [0.2, 0.25) is 0 Å². The minimum atomic E-state index is -1.13. The van der Waals surface area contributed by atoms with Gasteiger partial charge >= 0.3 is 17.9 Å². The van der Waals surface area contributed by atoms with E-state index in [2.05, 4.69) is 0 Å². The first-order valence-corrected chi connectivity index (χ1v) is 11.5. The molecule has 0 radical (unpaired) electrons. The van der Waals surface area contributed by atoms with Crippen LogP contribution in [-0.2, 0) is 28.6 Å². The molecule has 2 atom stereocenters. The molecule has 200 valence electrons. The SMILES string of the molecule is COc1cc2cc(OC)c1OCCOCCOc1ccc(cc1OC(C)=O)C(OC(C)=O)C2OC(C)=O. The lowest BCUT2D eigenvalue weighted by Gasteiger charge is -2.28.